The average Bonchev–Trinajstić information content (AvgIpc) is 3.92. The zero-order valence-corrected chi connectivity index (χ0v) is 40.7. The second-order valence-corrected chi connectivity index (χ2v) is 23.6. The summed E-state index contributed by atoms with van der Waals surface area (Å²) < 4.78 is 2.70. The van der Waals surface area contributed by atoms with E-state index in [2.05, 4.69) is 221 Å². The Hall–Kier alpha value is -6.56. The molecule has 1 radical (unpaired) electrons. The Labute approximate surface area is 404 Å². The van der Waals surface area contributed by atoms with Crippen molar-refractivity contribution in [3.8, 4) is 11.1 Å². The number of thiophene rings is 1. The topological polar surface area (TPSA) is 22.3 Å². The van der Waals surface area contributed by atoms with E-state index in [0.29, 0.717) is 0 Å². The Morgan fingerprint density at radius 1 is 0.544 bits per heavy atom. The molecule has 10 aromatic rings. The van der Waals surface area contributed by atoms with Gasteiger partial charge in [-0.15, -0.1) is 11.3 Å². The van der Waals surface area contributed by atoms with Crippen molar-refractivity contribution in [2.75, 3.05) is 9.80 Å². The van der Waals surface area contributed by atoms with E-state index < -0.39 is 0 Å². The fourth-order valence-corrected chi connectivity index (χ4v) is 14.7. The molecule has 2 aliphatic carbocycles. The van der Waals surface area contributed by atoms with Crippen molar-refractivity contribution in [2.24, 2.45) is 0 Å². The maximum atomic E-state index is 4.00. The van der Waals surface area contributed by atoms with Gasteiger partial charge in [0.15, 0.2) is 0 Å². The second kappa shape index (κ2) is 14.0. The zero-order chi connectivity index (χ0) is 45.9. The third-order valence-corrected chi connectivity index (χ3v) is 18.3. The average molecular weight is 897 g/mol. The molecule has 0 spiro atoms. The van der Waals surface area contributed by atoms with Crippen LogP contribution in [0.3, 0.4) is 0 Å². The number of hydrogen-bond donors (Lipinski definition) is 1. The molecule has 2 atom stereocenters. The minimum atomic E-state index is 0.0216. The van der Waals surface area contributed by atoms with Gasteiger partial charge in [-0.05, 0) is 169 Å². The number of nitrogens with zero attached hydrogens (tertiary/aromatic N) is 2. The van der Waals surface area contributed by atoms with Gasteiger partial charge in [-0.3, -0.25) is 0 Å². The maximum absolute atomic E-state index is 4.00. The number of rotatable bonds is 4. The summed E-state index contributed by atoms with van der Waals surface area (Å²) in [5, 5.41) is 6.43. The van der Waals surface area contributed by atoms with Crippen molar-refractivity contribution in [3.63, 3.8) is 0 Å². The molecule has 2 unspecified atom stereocenters. The fourth-order valence-electron chi connectivity index (χ4n) is 13.6. The lowest BCUT2D eigenvalue weighted by Gasteiger charge is -2.51. The molecule has 4 bridgehead atoms. The Kier molecular flexibility index (Phi) is 8.35. The Morgan fingerprint density at radius 2 is 1.22 bits per heavy atom. The van der Waals surface area contributed by atoms with Gasteiger partial charge in [0.25, 0.3) is 0 Å². The number of aromatic nitrogens is 1. The third-order valence-electron chi connectivity index (χ3n) is 17.2. The van der Waals surface area contributed by atoms with E-state index in [9.17, 15) is 0 Å². The molecule has 0 amide bonds. The van der Waals surface area contributed by atoms with Gasteiger partial charge in [-0.25, -0.2) is 0 Å². The summed E-state index contributed by atoms with van der Waals surface area (Å²) in [7, 11) is 2.55. The molecule has 3 nitrogen and oxygen atoms in total. The molecular formula is C63H55BN3S. The fraction of sp³-hybridized carbons (Fsp3) is 0.238. The number of fused-ring (bicyclic) bond motifs is 9. The number of benzene rings is 8. The van der Waals surface area contributed by atoms with Crippen LogP contribution in [0.5, 0.6) is 0 Å². The highest BCUT2D eigenvalue weighted by Gasteiger charge is 2.49. The first-order valence-corrected chi connectivity index (χ1v) is 25.6. The maximum Gasteiger partial charge on any atom is 0.211 e. The monoisotopic (exact) mass is 896 g/mol. The summed E-state index contributed by atoms with van der Waals surface area (Å²) in [6.07, 6.45) is 5.93. The lowest BCUT2D eigenvalue weighted by Crippen LogP contribution is -2.44. The molecule has 0 saturated carbocycles. The summed E-state index contributed by atoms with van der Waals surface area (Å²) >= 11 is 1.98. The van der Waals surface area contributed by atoms with Gasteiger partial charge in [0.2, 0.25) is 7.28 Å². The van der Waals surface area contributed by atoms with Crippen LogP contribution in [0, 0.1) is 0 Å². The SMILES string of the molecule is CC1(C)CCC2(C)CC3(C)CCC(C)(C)c4cc5sc6c(c5cc43)N(c3ccc1c2c3)c1cc(N(c2ccccc2)c2ccccc2)cc(-c2cccc3c2[nH]c2ccc4ccccc4c23)c1[B]6. The molecule has 4 heterocycles. The molecule has 0 saturated heterocycles. The van der Waals surface area contributed by atoms with Gasteiger partial charge in [0.1, 0.15) is 0 Å². The van der Waals surface area contributed by atoms with Gasteiger partial charge < -0.3 is 14.8 Å². The second-order valence-electron chi connectivity index (χ2n) is 22.5. The molecule has 0 fully saturated rings. The molecule has 68 heavy (non-hydrogen) atoms. The molecule has 4 aliphatic rings. The van der Waals surface area contributed by atoms with Gasteiger partial charge in [-0.2, -0.15) is 0 Å². The lowest BCUT2D eigenvalue weighted by molar-refractivity contribution is 0.208. The highest BCUT2D eigenvalue weighted by atomic mass is 32.1. The first kappa shape index (κ1) is 40.5. The van der Waals surface area contributed by atoms with Crippen LogP contribution in [0.2, 0.25) is 0 Å². The standard InChI is InChI=1S/C63H55BN3S/c1-60(2)28-30-62(5)37-63(6)31-29-61(3,4)49-36-54-47(35-51(49)63)58-59(68-54)64-56-46(44-22-15-23-45-55-43-21-14-13-16-38(43)24-27-52(55)65-57(44)45)32-42(34-53(56)67(58)41-25-26-48(60)50(62)33-41)66(39-17-9-7-10-18-39)40-19-11-8-12-20-40/h7-27,32-36,65H,28-31,37H2,1-6H3. The van der Waals surface area contributed by atoms with Crippen molar-refractivity contribution in [2.45, 2.75) is 95.3 Å². The van der Waals surface area contributed by atoms with Crippen LogP contribution in [0.25, 0.3) is 53.8 Å². The molecule has 2 aromatic heterocycles. The number of aromatic amines is 1. The molecule has 2 aliphatic heterocycles. The summed E-state index contributed by atoms with van der Waals surface area (Å²) in [4.78, 5) is 9.14. The van der Waals surface area contributed by atoms with Crippen molar-refractivity contribution in [1.82, 2.24) is 4.98 Å². The Bertz CT molecular complexity index is 3710. The molecular weight excluding hydrogens is 842 g/mol. The highest BCUT2D eigenvalue weighted by Crippen LogP contribution is 2.59. The predicted octanol–water partition coefficient (Wildman–Crippen LogP) is 16.3. The normalized spacial score (nSPS) is 20.6. The minimum Gasteiger partial charge on any atom is -0.354 e. The number of H-pyrrole nitrogens is 1. The number of hydrogen-bond acceptors (Lipinski definition) is 3. The smallest absolute Gasteiger partial charge is 0.211 e. The van der Waals surface area contributed by atoms with Crippen molar-refractivity contribution in [1.29, 1.82) is 0 Å². The minimum absolute atomic E-state index is 0.0216. The van der Waals surface area contributed by atoms with Crippen molar-refractivity contribution < 1.29 is 0 Å². The zero-order valence-electron chi connectivity index (χ0n) is 39.9. The summed E-state index contributed by atoms with van der Waals surface area (Å²) in [6, 6.07) is 60.0. The molecule has 14 rings (SSSR count). The van der Waals surface area contributed by atoms with E-state index in [0.717, 1.165) is 34.5 Å². The van der Waals surface area contributed by atoms with E-state index in [-0.39, 0.29) is 21.7 Å². The Morgan fingerprint density at radius 3 is 1.97 bits per heavy atom. The van der Waals surface area contributed by atoms with Crippen LogP contribution in [0.1, 0.15) is 95.9 Å². The van der Waals surface area contributed by atoms with Crippen molar-refractivity contribution in [3.05, 3.63) is 180 Å². The summed E-state index contributed by atoms with van der Waals surface area (Å²) in [6.45, 7) is 15.2. The summed E-state index contributed by atoms with van der Waals surface area (Å²) in [5.74, 6) is 0. The molecule has 1 N–H and O–H groups in total. The van der Waals surface area contributed by atoms with Crippen LogP contribution in [0.15, 0.2) is 158 Å². The molecule has 331 valence electrons. The van der Waals surface area contributed by atoms with Crippen LogP contribution < -0.4 is 20.0 Å². The van der Waals surface area contributed by atoms with Crippen molar-refractivity contribution >= 4 is 106 Å². The Balaban J connectivity index is 1.12. The van der Waals surface area contributed by atoms with E-state index in [1.807, 2.05) is 11.3 Å². The lowest BCUT2D eigenvalue weighted by atomic mass is 9.53. The van der Waals surface area contributed by atoms with Gasteiger partial charge in [0.05, 0.1) is 11.2 Å². The third kappa shape index (κ3) is 5.72. The van der Waals surface area contributed by atoms with Crippen LogP contribution in [-0.4, -0.2) is 12.3 Å². The number of nitrogens with one attached hydrogen (secondary N) is 1. The summed E-state index contributed by atoms with van der Waals surface area (Å²) in [5.41, 5.74) is 19.6. The number of para-hydroxylation sites is 3. The van der Waals surface area contributed by atoms with E-state index >= 15 is 0 Å². The van der Waals surface area contributed by atoms with E-state index in [4.69, 9.17) is 0 Å². The first-order chi connectivity index (χ1) is 32.9. The van der Waals surface area contributed by atoms with E-state index in [1.165, 1.54) is 101 Å². The molecule has 8 aromatic carbocycles. The predicted molar refractivity (Wildman–Crippen MR) is 292 cm³/mol. The van der Waals surface area contributed by atoms with E-state index in [1.54, 1.807) is 16.7 Å². The number of anilines is 6. The van der Waals surface area contributed by atoms with Gasteiger partial charge >= 0.3 is 0 Å². The molecule has 5 heteroatoms. The highest BCUT2D eigenvalue weighted by molar-refractivity contribution is 7.29. The first-order valence-electron chi connectivity index (χ1n) is 24.8. The van der Waals surface area contributed by atoms with Crippen LogP contribution in [-0.2, 0) is 21.7 Å². The van der Waals surface area contributed by atoms with Gasteiger partial charge in [-0.1, -0.05) is 133 Å². The quantitative estimate of drug-likeness (QED) is 0.178. The van der Waals surface area contributed by atoms with Gasteiger partial charge in [0, 0.05) is 60.4 Å². The van der Waals surface area contributed by atoms with Crippen LogP contribution >= 0.6 is 11.3 Å². The largest absolute Gasteiger partial charge is 0.354 e. The van der Waals surface area contributed by atoms with Crippen LogP contribution in [0.4, 0.5) is 34.1 Å².